The molecule has 0 aliphatic carbocycles. The topological polar surface area (TPSA) is 93.5 Å². The van der Waals surface area contributed by atoms with Crippen molar-refractivity contribution in [2.75, 3.05) is 25.6 Å². The van der Waals surface area contributed by atoms with E-state index in [1.54, 1.807) is 18.2 Å². The maximum Gasteiger partial charge on any atom is 0.268 e. The van der Waals surface area contributed by atoms with Gasteiger partial charge in [0.15, 0.2) is 16.6 Å². The number of benzene rings is 2. The Morgan fingerprint density at radius 3 is 2.67 bits per heavy atom. The summed E-state index contributed by atoms with van der Waals surface area (Å²) in [5.74, 6) is 1.34. The van der Waals surface area contributed by atoms with E-state index in [1.165, 1.54) is 24.5 Å². The molecule has 0 saturated carbocycles. The highest BCUT2D eigenvalue weighted by atomic mass is 32.1. The number of fused-ring (bicyclic) bond motifs is 1. The van der Waals surface area contributed by atoms with Crippen molar-refractivity contribution in [2.24, 2.45) is 0 Å². The summed E-state index contributed by atoms with van der Waals surface area (Å²) < 4.78 is 17.2. The highest BCUT2D eigenvalue weighted by Gasteiger charge is 2.14. The molecule has 0 spiro atoms. The standard InChI is InChI=1S/C22H21N3O4S/c1-4-28-16-7-8-17-20(12-16)30-22(24-17)25-21(26)15(13-23)10-14-6-9-18(29-5-2)19(11-14)27-3/h6-12H,4-5H2,1-3H3,(H,24,25,26)/b15-10+. The first kappa shape index (κ1) is 21.1. The average Bonchev–Trinajstić information content (AvgIpc) is 3.14. The first-order valence-electron chi connectivity index (χ1n) is 9.35. The van der Waals surface area contributed by atoms with Gasteiger partial charge in [0.25, 0.3) is 5.91 Å². The van der Waals surface area contributed by atoms with Crippen molar-refractivity contribution in [3.8, 4) is 23.3 Å². The van der Waals surface area contributed by atoms with Crippen LogP contribution in [-0.2, 0) is 4.79 Å². The highest BCUT2D eigenvalue weighted by molar-refractivity contribution is 7.22. The van der Waals surface area contributed by atoms with E-state index < -0.39 is 5.91 Å². The molecule has 0 aliphatic rings. The van der Waals surface area contributed by atoms with Crippen LogP contribution in [0.2, 0.25) is 0 Å². The lowest BCUT2D eigenvalue weighted by atomic mass is 10.1. The van der Waals surface area contributed by atoms with E-state index >= 15 is 0 Å². The zero-order chi connectivity index (χ0) is 21.5. The van der Waals surface area contributed by atoms with Gasteiger partial charge in [-0.3, -0.25) is 10.1 Å². The molecule has 3 aromatic rings. The number of nitriles is 1. The van der Waals surface area contributed by atoms with E-state index in [9.17, 15) is 10.1 Å². The number of hydrogen-bond acceptors (Lipinski definition) is 7. The molecule has 0 fully saturated rings. The Labute approximate surface area is 178 Å². The van der Waals surface area contributed by atoms with Crippen LogP contribution in [0.1, 0.15) is 19.4 Å². The third-order valence-corrected chi connectivity index (χ3v) is 4.99. The van der Waals surface area contributed by atoms with Crippen molar-refractivity contribution < 1.29 is 19.0 Å². The molecule has 0 radical (unpaired) electrons. The number of rotatable bonds is 8. The Balaban J connectivity index is 1.81. The molecule has 0 atom stereocenters. The minimum Gasteiger partial charge on any atom is -0.494 e. The maximum absolute atomic E-state index is 12.6. The molecule has 1 aromatic heterocycles. The number of nitrogens with zero attached hydrogens (tertiary/aromatic N) is 2. The SMILES string of the molecule is CCOc1ccc2nc(NC(=O)/C(C#N)=C/c3ccc(OCC)c(OC)c3)sc2c1. The average molecular weight is 423 g/mol. The van der Waals surface area contributed by atoms with Crippen LogP contribution in [0.15, 0.2) is 42.0 Å². The fraction of sp³-hybridized carbons (Fsp3) is 0.227. The van der Waals surface area contributed by atoms with E-state index in [0.29, 0.717) is 35.4 Å². The molecule has 2 aromatic carbocycles. The van der Waals surface area contributed by atoms with Gasteiger partial charge in [-0.05, 0) is 55.8 Å². The summed E-state index contributed by atoms with van der Waals surface area (Å²) >= 11 is 1.32. The van der Waals surface area contributed by atoms with E-state index in [0.717, 1.165) is 16.0 Å². The number of hydrogen-bond donors (Lipinski definition) is 1. The number of nitrogens with one attached hydrogen (secondary N) is 1. The lowest BCUT2D eigenvalue weighted by Gasteiger charge is -2.09. The van der Waals surface area contributed by atoms with Gasteiger partial charge in [0, 0.05) is 0 Å². The predicted octanol–water partition coefficient (Wildman–Crippen LogP) is 4.65. The quantitative estimate of drug-likeness (QED) is 0.419. The second kappa shape index (κ2) is 9.76. The number of thiazole rings is 1. The lowest BCUT2D eigenvalue weighted by molar-refractivity contribution is -0.112. The molecule has 3 rings (SSSR count). The number of aromatic nitrogens is 1. The zero-order valence-corrected chi connectivity index (χ0v) is 17.7. The van der Waals surface area contributed by atoms with Gasteiger partial charge in [0.2, 0.25) is 0 Å². The first-order valence-corrected chi connectivity index (χ1v) is 10.2. The van der Waals surface area contributed by atoms with E-state index in [2.05, 4.69) is 10.3 Å². The minimum absolute atomic E-state index is 0.0459. The van der Waals surface area contributed by atoms with Gasteiger partial charge in [0.1, 0.15) is 17.4 Å². The third kappa shape index (κ3) is 4.88. The van der Waals surface area contributed by atoms with Crippen LogP contribution in [-0.4, -0.2) is 31.2 Å². The Hall–Kier alpha value is -3.57. The molecule has 0 saturated heterocycles. The van der Waals surface area contributed by atoms with E-state index in [4.69, 9.17) is 14.2 Å². The summed E-state index contributed by atoms with van der Waals surface area (Å²) in [5, 5.41) is 12.6. The smallest absolute Gasteiger partial charge is 0.268 e. The Kier molecular flexibility index (Phi) is 6.88. The Morgan fingerprint density at radius 2 is 1.97 bits per heavy atom. The van der Waals surface area contributed by atoms with Gasteiger partial charge in [-0.15, -0.1) is 0 Å². The predicted molar refractivity (Wildman–Crippen MR) is 117 cm³/mol. The summed E-state index contributed by atoms with van der Waals surface area (Å²) in [6.45, 7) is 4.87. The molecule has 1 amide bonds. The van der Waals surface area contributed by atoms with Crippen LogP contribution in [0, 0.1) is 11.3 Å². The number of carbonyl (C=O) groups is 1. The summed E-state index contributed by atoms with van der Waals surface area (Å²) in [4.78, 5) is 17.0. The molecule has 0 bridgehead atoms. The second-order valence-electron chi connectivity index (χ2n) is 6.05. The molecule has 0 unspecified atom stereocenters. The summed E-state index contributed by atoms with van der Waals surface area (Å²) in [6, 6.07) is 12.7. The summed E-state index contributed by atoms with van der Waals surface area (Å²) in [7, 11) is 1.54. The molecule has 7 nitrogen and oxygen atoms in total. The molecule has 1 heterocycles. The van der Waals surface area contributed by atoms with Crippen LogP contribution >= 0.6 is 11.3 Å². The van der Waals surface area contributed by atoms with E-state index in [-0.39, 0.29) is 5.57 Å². The fourth-order valence-corrected chi connectivity index (χ4v) is 3.63. The molecule has 154 valence electrons. The molecular weight excluding hydrogens is 402 g/mol. The number of anilines is 1. The van der Waals surface area contributed by atoms with Crippen molar-refractivity contribution in [2.45, 2.75) is 13.8 Å². The zero-order valence-electron chi connectivity index (χ0n) is 16.9. The van der Waals surface area contributed by atoms with Gasteiger partial charge < -0.3 is 14.2 Å². The molecule has 0 aliphatic heterocycles. The summed E-state index contributed by atoms with van der Waals surface area (Å²) in [6.07, 6.45) is 1.49. The van der Waals surface area contributed by atoms with Crippen LogP contribution in [0.4, 0.5) is 5.13 Å². The largest absolute Gasteiger partial charge is 0.494 e. The normalized spacial score (nSPS) is 11.1. The number of amides is 1. The van der Waals surface area contributed by atoms with Crippen LogP contribution in [0.25, 0.3) is 16.3 Å². The van der Waals surface area contributed by atoms with Crippen molar-refractivity contribution in [1.29, 1.82) is 5.26 Å². The van der Waals surface area contributed by atoms with Gasteiger partial charge in [-0.2, -0.15) is 5.26 Å². The third-order valence-electron chi connectivity index (χ3n) is 4.05. The summed E-state index contributed by atoms with van der Waals surface area (Å²) in [5.41, 5.74) is 1.35. The molecular formula is C22H21N3O4S. The lowest BCUT2D eigenvalue weighted by Crippen LogP contribution is -2.13. The van der Waals surface area contributed by atoms with Crippen LogP contribution in [0.5, 0.6) is 17.2 Å². The van der Waals surface area contributed by atoms with Crippen molar-refractivity contribution in [1.82, 2.24) is 4.98 Å². The van der Waals surface area contributed by atoms with Gasteiger partial charge in [-0.25, -0.2) is 4.98 Å². The maximum atomic E-state index is 12.6. The van der Waals surface area contributed by atoms with Gasteiger partial charge >= 0.3 is 0 Å². The monoisotopic (exact) mass is 423 g/mol. The van der Waals surface area contributed by atoms with Gasteiger partial charge in [-0.1, -0.05) is 17.4 Å². The second-order valence-corrected chi connectivity index (χ2v) is 7.08. The molecule has 1 N–H and O–H groups in total. The molecule has 30 heavy (non-hydrogen) atoms. The first-order chi connectivity index (χ1) is 14.6. The highest BCUT2D eigenvalue weighted by Crippen LogP contribution is 2.31. The van der Waals surface area contributed by atoms with Crippen LogP contribution < -0.4 is 19.5 Å². The minimum atomic E-state index is -0.533. The number of carbonyl (C=O) groups excluding carboxylic acids is 1. The van der Waals surface area contributed by atoms with Crippen molar-refractivity contribution >= 4 is 38.7 Å². The number of methoxy groups -OCH3 is 1. The Morgan fingerprint density at radius 1 is 1.17 bits per heavy atom. The van der Waals surface area contributed by atoms with Crippen LogP contribution in [0.3, 0.4) is 0 Å². The fourth-order valence-electron chi connectivity index (χ4n) is 2.74. The molecule has 8 heteroatoms. The number of ether oxygens (including phenoxy) is 3. The van der Waals surface area contributed by atoms with Gasteiger partial charge in [0.05, 0.1) is 30.5 Å². The van der Waals surface area contributed by atoms with Crippen molar-refractivity contribution in [3.63, 3.8) is 0 Å². The van der Waals surface area contributed by atoms with E-state index in [1.807, 2.05) is 38.1 Å². The Bertz CT molecular complexity index is 1130. The van der Waals surface area contributed by atoms with Crippen molar-refractivity contribution in [3.05, 3.63) is 47.5 Å².